The van der Waals surface area contributed by atoms with E-state index in [1.807, 2.05) is 19.1 Å². The maximum atomic E-state index is 10.9. The minimum Gasteiger partial charge on any atom is -0.496 e. The van der Waals surface area contributed by atoms with Gasteiger partial charge in [0, 0.05) is 30.3 Å². The highest BCUT2D eigenvalue weighted by Gasteiger charge is 2.12. The van der Waals surface area contributed by atoms with Crippen molar-refractivity contribution in [1.82, 2.24) is 0 Å². The van der Waals surface area contributed by atoms with Crippen LogP contribution < -0.4 is 10.1 Å². The van der Waals surface area contributed by atoms with Crippen LogP contribution in [-0.2, 0) is 6.42 Å². The van der Waals surface area contributed by atoms with Crippen molar-refractivity contribution in [3.05, 3.63) is 52.5 Å². The number of nitrogens with one attached hydrogen (secondary N) is 1. The molecule has 0 spiro atoms. The van der Waals surface area contributed by atoms with Crippen LogP contribution >= 0.6 is 0 Å². The monoisotopic (exact) mass is 276 g/mol. The summed E-state index contributed by atoms with van der Waals surface area (Å²) < 4.78 is 10.3. The van der Waals surface area contributed by atoms with Crippen molar-refractivity contribution < 1.29 is 14.1 Å². The minimum absolute atomic E-state index is 0.00273. The first-order valence-corrected chi connectivity index (χ1v) is 6.21. The molecule has 6 nitrogen and oxygen atoms in total. The fourth-order valence-electron chi connectivity index (χ4n) is 1.96. The Labute approximate surface area is 116 Å². The molecule has 0 aliphatic heterocycles. The minimum atomic E-state index is -0.440. The first-order chi connectivity index (χ1) is 9.58. The first-order valence-electron chi connectivity index (χ1n) is 6.21. The zero-order chi connectivity index (χ0) is 14.5. The number of anilines is 1. The second kappa shape index (κ2) is 6.10. The van der Waals surface area contributed by atoms with Crippen LogP contribution in [0.25, 0.3) is 0 Å². The summed E-state index contributed by atoms with van der Waals surface area (Å²) >= 11 is 0. The molecule has 0 aliphatic carbocycles. The Kier molecular flexibility index (Phi) is 4.24. The summed E-state index contributed by atoms with van der Waals surface area (Å²) in [6, 6.07) is 8.41. The Balaban J connectivity index is 2.11. The molecule has 0 fully saturated rings. The standard InChI is InChI=1S/C14H16N2O4/c1-10(6-13-4-3-5-20-13)15-11-7-12(16(17)18)9-14(8-11)19-2/h3-5,7-10,15H,6H2,1-2H3. The largest absolute Gasteiger partial charge is 0.496 e. The van der Waals surface area contributed by atoms with Crippen LogP contribution in [0.15, 0.2) is 41.0 Å². The molecule has 0 amide bonds. The Morgan fingerprint density at radius 3 is 2.85 bits per heavy atom. The van der Waals surface area contributed by atoms with E-state index in [-0.39, 0.29) is 11.7 Å². The average molecular weight is 276 g/mol. The normalized spacial score (nSPS) is 11.9. The molecule has 1 atom stereocenters. The van der Waals surface area contributed by atoms with Crippen LogP contribution in [0.3, 0.4) is 0 Å². The summed E-state index contributed by atoms with van der Waals surface area (Å²) in [4.78, 5) is 10.4. The fraction of sp³-hybridized carbons (Fsp3) is 0.286. The van der Waals surface area contributed by atoms with Crippen LogP contribution in [0.2, 0.25) is 0 Å². The Morgan fingerprint density at radius 2 is 2.25 bits per heavy atom. The van der Waals surface area contributed by atoms with Gasteiger partial charge in [-0.05, 0) is 19.1 Å². The van der Waals surface area contributed by atoms with Gasteiger partial charge in [-0.25, -0.2) is 0 Å². The number of methoxy groups -OCH3 is 1. The van der Waals surface area contributed by atoms with Crippen molar-refractivity contribution in [2.75, 3.05) is 12.4 Å². The van der Waals surface area contributed by atoms with Crippen LogP contribution in [-0.4, -0.2) is 18.1 Å². The van der Waals surface area contributed by atoms with Crippen LogP contribution in [0.5, 0.6) is 5.75 Å². The number of ether oxygens (including phenoxy) is 1. The van der Waals surface area contributed by atoms with Gasteiger partial charge in [0.05, 0.1) is 24.4 Å². The quantitative estimate of drug-likeness (QED) is 0.647. The third kappa shape index (κ3) is 3.50. The predicted octanol–water partition coefficient (Wildman–Crippen LogP) is 3.24. The smallest absolute Gasteiger partial charge is 0.275 e. The van der Waals surface area contributed by atoms with Gasteiger partial charge in [-0.1, -0.05) is 0 Å². The molecule has 106 valence electrons. The number of benzene rings is 1. The molecule has 0 radical (unpaired) electrons. The number of hydrogen-bond donors (Lipinski definition) is 1. The van der Waals surface area contributed by atoms with E-state index in [0.29, 0.717) is 17.9 Å². The molecular weight excluding hydrogens is 260 g/mol. The summed E-state index contributed by atoms with van der Waals surface area (Å²) in [5.74, 6) is 1.31. The van der Waals surface area contributed by atoms with E-state index in [1.165, 1.54) is 19.2 Å². The van der Waals surface area contributed by atoms with Crippen LogP contribution in [0, 0.1) is 10.1 Å². The lowest BCUT2D eigenvalue weighted by molar-refractivity contribution is -0.384. The second-order valence-electron chi connectivity index (χ2n) is 4.51. The van der Waals surface area contributed by atoms with E-state index in [0.717, 1.165) is 5.76 Å². The number of hydrogen-bond acceptors (Lipinski definition) is 5. The molecule has 1 aromatic carbocycles. The molecular formula is C14H16N2O4. The molecule has 6 heteroatoms. The van der Waals surface area contributed by atoms with Gasteiger partial charge in [0.25, 0.3) is 5.69 Å². The van der Waals surface area contributed by atoms with Gasteiger partial charge in [-0.3, -0.25) is 10.1 Å². The van der Waals surface area contributed by atoms with Gasteiger partial charge < -0.3 is 14.5 Å². The van der Waals surface area contributed by atoms with Crippen molar-refractivity contribution in [3.8, 4) is 5.75 Å². The molecule has 1 aromatic heterocycles. The lowest BCUT2D eigenvalue weighted by Crippen LogP contribution is -2.17. The van der Waals surface area contributed by atoms with Crippen molar-refractivity contribution in [3.63, 3.8) is 0 Å². The third-order valence-corrected chi connectivity index (χ3v) is 2.84. The van der Waals surface area contributed by atoms with Gasteiger partial charge >= 0.3 is 0 Å². The summed E-state index contributed by atoms with van der Waals surface area (Å²) in [5, 5.41) is 14.1. The number of non-ortho nitro benzene ring substituents is 1. The summed E-state index contributed by atoms with van der Waals surface area (Å²) in [7, 11) is 1.48. The molecule has 1 heterocycles. The highest BCUT2D eigenvalue weighted by molar-refractivity contribution is 5.56. The van der Waals surface area contributed by atoms with Gasteiger partial charge in [0.15, 0.2) is 0 Å². The highest BCUT2D eigenvalue weighted by atomic mass is 16.6. The summed E-state index contributed by atoms with van der Waals surface area (Å²) in [5.41, 5.74) is 0.646. The number of nitro benzene ring substituents is 1. The maximum absolute atomic E-state index is 10.9. The van der Waals surface area contributed by atoms with Gasteiger partial charge in [-0.2, -0.15) is 0 Å². The number of nitrogens with zero attached hydrogens (tertiary/aromatic N) is 1. The first kappa shape index (κ1) is 13.9. The van der Waals surface area contributed by atoms with Crippen molar-refractivity contribution >= 4 is 11.4 Å². The number of nitro groups is 1. The van der Waals surface area contributed by atoms with E-state index >= 15 is 0 Å². The molecule has 2 rings (SSSR count). The molecule has 0 saturated carbocycles. The van der Waals surface area contributed by atoms with Crippen LogP contribution in [0.4, 0.5) is 11.4 Å². The van der Waals surface area contributed by atoms with Gasteiger partial charge in [0.2, 0.25) is 0 Å². The molecule has 1 unspecified atom stereocenters. The highest BCUT2D eigenvalue weighted by Crippen LogP contribution is 2.26. The molecule has 0 saturated heterocycles. The van der Waals surface area contributed by atoms with E-state index in [1.54, 1.807) is 12.3 Å². The third-order valence-electron chi connectivity index (χ3n) is 2.84. The van der Waals surface area contributed by atoms with E-state index in [4.69, 9.17) is 9.15 Å². The number of furan rings is 1. The maximum Gasteiger partial charge on any atom is 0.275 e. The Hall–Kier alpha value is -2.50. The summed E-state index contributed by atoms with van der Waals surface area (Å²) in [6.45, 7) is 1.98. The molecule has 20 heavy (non-hydrogen) atoms. The number of rotatable bonds is 6. The van der Waals surface area contributed by atoms with Gasteiger partial charge in [-0.15, -0.1) is 0 Å². The van der Waals surface area contributed by atoms with E-state index < -0.39 is 4.92 Å². The van der Waals surface area contributed by atoms with Crippen molar-refractivity contribution in [1.29, 1.82) is 0 Å². The lowest BCUT2D eigenvalue weighted by atomic mass is 10.1. The Bertz CT molecular complexity index is 581. The topological polar surface area (TPSA) is 77.5 Å². The second-order valence-corrected chi connectivity index (χ2v) is 4.51. The SMILES string of the molecule is COc1cc(NC(C)Cc2ccco2)cc([N+](=O)[O-])c1. The summed E-state index contributed by atoms with van der Waals surface area (Å²) in [6.07, 6.45) is 2.32. The molecule has 2 aromatic rings. The van der Waals surface area contributed by atoms with E-state index in [9.17, 15) is 10.1 Å². The molecule has 0 bridgehead atoms. The van der Waals surface area contributed by atoms with Gasteiger partial charge in [0.1, 0.15) is 11.5 Å². The predicted molar refractivity (Wildman–Crippen MR) is 75.1 cm³/mol. The zero-order valence-electron chi connectivity index (χ0n) is 11.3. The Morgan fingerprint density at radius 1 is 1.45 bits per heavy atom. The lowest BCUT2D eigenvalue weighted by Gasteiger charge is -2.14. The fourth-order valence-corrected chi connectivity index (χ4v) is 1.96. The van der Waals surface area contributed by atoms with E-state index in [2.05, 4.69) is 5.32 Å². The molecule has 1 N–H and O–H groups in total. The molecule has 0 aliphatic rings. The van der Waals surface area contributed by atoms with Crippen molar-refractivity contribution in [2.45, 2.75) is 19.4 Å². The average Bonchev–Trinajstić information content (AvgIpc) is 2.90. The van der Waals surface area contributed by atoms with Crippen LogP contribution in [0.1, 0.15) is 12.7 Å². The zero-order valence-corrected chi connectivity index (χ0v) is 11.3. The van der Waals surface area contributed by atoms with Crippen molar-refractivity contribution in [2.24, 2.45) is 0 Å².